The second kappa shape index (κ2) is 14.1. The number of nitrogens with zero attached hydrogens (tertiary/aromatic N) is 1. The number of hydrogen-bond donors (Lipinski definition) is 0. The molecule has 2 nitrogen and oxygen atoms in total. The van der Waals surface area contributed by atoms with Gasteiger partial charge in [0.1, 0.15) is 11.2 Å². The van der Waals surface area contributed by atoms with Crippen molar-refractivity contribution in [3.63, 3.8) is 0 Å². The average Bonchev–Trinajstić information content (AvgIpc) is 3.68. The van der Waals surface area contributed by atoms with Crippen molar-refractivity contribution in [1.29, 1.82) is 0 Å². The number of para-hydroxylation sites is 1. The molecule has 0 fully saturated rings. The first kappa shape index (κ1) is 33.6. The molecule has 10 aromatic carbocycles. The molecule has 0 spiro atoms. The lowest BCUT2D eigenvalue weighted by Crippen LogP contribution is -2.11. The molecule has 58 heavy (non-hydrogen) atoms. The first-order chi connectivity index (χ1) is 28.7. The summed E-state index contributed by atoms with van der Waals surface area (Å²) in [5.74, 6) is 0. The maximum Gasteiger partial charge on any atom is 0.143 e. The molecule has 1 aromatic heterocycles. The van der Waals surface area contributed by atoms with Gasteiger partial charge in [0.2, 0.25) is 0 Å². The highest BCUT2D eigenvalue weighted by atomic mass is 16.3. The van der Waals surface area contributed by atoms with Gasteiger partial charge in [-0.25, -0.2) is 0 Å². The van der Waals surface area contributed by atoms with Crippen LogP contribution in [0.5, 0.6) is 0 Å². The largest absolute Gasteiger partial charge is 0.455 e. The van der Waals surface area contributed by atoms with Crippen LogP contribution in [-0.2, 0) is 0 Å². The van der Waals surface area contributed by atoms with Crippen molar-refractivity contribution in [1.82, 2.24) is 0 Å². The van der Waals surface area contributed by atoms with Gasteiger partial charge in [-0.3, -0.25) is 0 Å². The molecule has 0 amide bonds. The highest BCUT2D eigenvalue weighted by Crippen LogP contribution is 2.44. The fourth-order valence-electron chi connectivity index (χ4n) is 8.58. The fraction of sp³-hybridized carbons (Fsp3) is 0. The summed E-state index contributed by atoms with van der Waals surface area (Å²) < 4.78 is 6.51. The first-order valence-electron chi connectivity index (χ1n) is 19.8. The number of rotatable bonds is 7. The molecular weight excluding hydrogens is 703 g/mol. The summed E-state index contributed by atoms with van der Waals surface area (Å²) in [6, 6.07) is 80.7. The average molecular weight is 740 g/mol. The fourth-order valence-corrected chi connectivity index (χ4v) is 8.58. The van der Waals surface area contributed by atoms with E-state index in [1.807, 2.05) is 0 Å². The van der Waals surface area contributed by atoms with Crippen LogP contribution in [0.4, 0.5) is 17.1 Å². The number of fused-ring (bicyclic) bond motifs is 6. The van der Waals surface area contributed by atoms with Gasteiger partial charge >= 0.3 is 0 Å². The van der Waals surface area contributed by atoms with E-state index >= 15 is 0 Å². The molecule has 0 bridgehead atoms. The zero-order chi connectivity index (χ0) is 38.4. The van der Waals surface area contributed by atoms with E-state index in [9.17, 15) is 0 Å². The van der Waals surface area contributed by atoms with Gasteiger partial charge in [-0.1, -0.05) is 170 Å². The Bertz CT molecular complexity index is 3270. The van der Waals surface area contributed by atoms with E-state index in [2.05, 4.69) is 229 Å². The van der Waals surface area contributed by atoms with Crippen LogP contribution in [0.15, 0.2) is 229 Å². The lowest BCUT2D eigenvalue weighted by molar-refractivity contribution is 0.672. The molecule has 11 aromatic rings. The molecule has 0 aliphatic rings. The molecule has 11 rings (SSSR count). The Kier molecular flexibility index (Phi) is 8.19. The third-order valence-corrected chi connectivity index (χ3v) is 11.5. The van der Waals surface area contributed by atoms with Crippen LogP contribution in [0, 0.1) is 0 Å². The maximum atomic E-state index is 6.51. The van der Waals surface area contributed by atoms with Gasteiger partial charge in [0.25, 0.3) is 0 Å². The predicted octanol–water partition coefficient (Wildman–Crippen LogP) is 16.0. The van der Waals surface area contributed by atoms with Crippen LogP contribution >= 0.6 is 0 Å². The van der Waals surface area contributed by atoms with E-state index in [0.717, 1.165) is 61.1 Å². The molecule has 0 saturated heterocycles. The molecule has 0 atom stereocenters. The Morgan fingerprint density at radius 3 is 1.72 bits per heavy atom. The Hall–Kier alpha value is -7.68. The van der Waals surface area contributed by atoms with Crippen molar-refractivity contribution in [3.8, 4) is 44.5 Å². The minimum Gasteiger partial charge on any atom is -0.455 e. The summed E-state index contributed by atoms with van der Waals surface area (Å²) in [7, 11) is 0. The van der Waals surface area contributed by atoms with E-state index in [0.29, 0.717) is 0 Å². The molecule has 0 aliphatic carbocycles. The van der Waals surface area contributed by atoms with Crippen LogP contribution in [0.2, 0.25) is 0 Å². The Morgan fingerprint density at radius 2 is 0.914 bits per heavy atom. The standard InChI is InChI=1S/C56H37NO/c1-3-14-40(15-4-1)48-32-27-44(36-52(48)41-16-5-2-6-17-41)39-23-29-46(30-24-39)57(47-31-25-38-13-7-8-19-43(38)35-47)54-22-12-11-20-49(54)45-28-34-55-53(37-45)51-33-26-42-18-9-10-21-50(42)56(51)58-55/h1-37H. The second-order valence-electron chi connectivity index (χ2n) is 14.9. The van der Waals surface area contributed by atoms with Crippen LogP contribution in [0.1, 0.15) is 0 Å². The second-order valence-corrected chi connectivity index (χ2v) is 14.9. The summed E-state index contributed by atoms with van der Waals surface area (Å²) in [5, 5.41) is 6.97. The van der Waals surface area contributed by atoms with Crippen LogP contribution < -0.4 is 4.90 Å². The molecule has 0 N–H and O–H groups in total. The number of anilines is 3. The van der Waals surface area contributed by atoms with Gasteiger partial charge in [-0.05, 0) is 110 Å². The Balaban J connectivity index is 1.04. The van der Waals surface area contributed by atoms with Crippen molar-refractivity contribution in [3.05, 3.63) is 224 Å². The van der Waals surface area contributed by atoms with E-state index < -0.39 is 0 Å². The minimum absolute atomic E-state index is 0.891. The monoisotopic (exact) mass is 739 g/mol. The lowest BCUT2D eigenvalue weighted by atomic mass is 9.91. The zero-order valence-electron chi connectivity index (χ0n) is 31.7. The van der Waals surface area contributed by atoms with Crippen molar-refractivity contribution in [2.75, 3.05) is 4.90 Å². The quantitative estimate of drug-likeness (QED) is 0.162. The summed E-state index contributed by atoms with van der Waals surface area (Å²) >= 11 is 0. The molecule has 0 radical (unpaired) electrons. The predicted molar refractivity (Wildman–Crippen MR) is 245 cm³/mol. The van der Waals surface area contributed by atoms with E-state index in [1.165, 1.54) is 44.0 Å². The maximum absolute atomic E-state index is 6.51. The zero-order valence-corrected chi connectivity index (χ0v) is 31.7. The Morgan fingerprint density at radius 1 is 0.293 bits per heavy atom. The van der Waals surface area contributed by atoms with Gasteiger partial charge < -0.3 is 9.32 Å². The minimum atomic E-state index is 0.891. The third kappa shape index (κ3) is 5.91. The van der Waals surface area contributed by atoms with Gasteiger partial charge in [0, 0.05) is 33.1 Å². The van der Waals surface area contributed by atoms with Crippen molar-refractivity contribution < 1.29 is 4.42 Å². The highest BCUT2D eigenvalue weighted by molar-refractivity contribution is 6.15. The van der Waals surface area contributed by atoms with Gasteiger partial charge in [-0.15, -0.1) is 0 Å². The normalized spacial score (nSPS) is 11.4. The molecule has 0 saturated carbocycles. The molecular formula is C56H37NO. The summed E-state index contributed by atoms with van der Waals surface area (Å²) in [4.78, 5) is 2.39. The van der Waals surface area contributed by atoms with E-state index in [1.54, 1.807) is 0 Å². The summed E-state index contributed by atoms with van der Waals surface area (Å²) in [5.41, 5.74) is 14.6. The highest BCUT2D eigenvalue weighted by Gasteiger charge is 2.20. The van der Waals surface area contributed by atoms with Gasteiger partial charge in [0.15, 0.2) is 0 Å². The van der Waals surface area contributed by atoms with E-state index in [4.69, 9.17) is 4.42 Å². The SMILES string of the molecule is c1ccc(-c2ccc(-c3ccc(N(c4ccc5ccccc5c4)c4ccccc4-c4ccc5oc6c7ccccc7ccc6c5c4)cc3)cc2-c2ccccc2)cc1. The summed E-state index contributed by atoms with van der Waals surface area (Å²) in [6.45, 7) is 0. The van der Waals surface area contributed by atoms with Crippen molar-refractivity contribution in [2.24, 2.45) is 0 Å². The topological polar surface area (TPSA) is 16.4 Å². The smallest absolute Gasteiger partial charge is 0.143 e. The summed E-state index contributed by atoms with van der Waals surface area (Å²) in [6.07, 6.45) is 0. The van der Waals surface area contributed by atoms with Crippen molar-refractivity contribution in [2.45, 2.75) is 0 Å². The molecule has 2 heteroatoms. The third-order valence-electron chi connectivity index (χ3n) is 11.5. The molecule has 0 unspecified atom stereocenters. The number of hydrogen-bond acceptors (Lipinski definition) is 2. The molecule has 0 aliphatic heterocycles. The van der Waals surface area contributed by atoms with Gasteiger partial charge in [0.05, 0.1) is 5.69 Å². The molecule has 272 valence electrons. The lowest BCUT2D eigenvalue weighted by Gasteiger charge is -2.28. The van der Waals surface area contributed by atoms with Crippen LogP contribution in [0.25, 0.3) is 88.0 Å². The van der Waals surface area contributed by atoms with Crippen molar-refractivity contribution >= 4 is 60.5 Å². The molecule has 1 heterocycles. The van der Waals surface area contributed by atoms with Crippen LogP contribution in [0.3, 0.4) is 0 Å². The number of furan rings is 1. The van der Waals surface area contributed by atoms with Crippen LogP contribution in [-0.4, -0.2) is 0 Å². The van der Waals surface area contributed by atoms with Gasteiger partial charge in [-0.2, -0.15) is 0 Å². The first-order valence-corrected chi connectivity index (χ1v) is 19.8. The number of benzene rings is 10. The Labute approximate surface area is 337 Å². The van der Waals surface area contributed by atoms with E-state index in [-0.39, 0.29) is 0 Å².